The van der Waals surface area contributed by atoms with E-state index in [1.807, 2.05) is 44.2 Å². The lowest BCUT2D eigenvalue weighted by Gasteiger charge is -2.21. The van der Waals surface area contributed by atoms with E-state index in [-0.39, 0.29) is 24.5 Å². The van der Waals surface area contributed by atoms with Gasteiger partial charge < -0.3 is 10.4 Å². The SMILES string of the molecule is CC(C)[C@H](CCO)NC(=O)c1nccc2ccccc12. The minimum atomic E-state index is -0.186. The maximum Gasteiger partial charge on any atom is 0.270 e. The lowest BCUT2D eigenvalue weighted by molar-refractivity contribution is 0.0913. The fourth-order valence-corrected chi connectivity index (χ4v) is 2.25. The maximum atomic E-state index is 12.4. The van der Waals surface area contributed by atoms with Gasteiger partial charge in [-0.3, -0.25) is 9.78 Å². The quantitative estimate of drug-likeness (QED) is 0.878. The molecule has 0 unspecified atom stereocenters. The third-order valence-electron chi connectivity index (χ3n) is 3.45. The summed E-state index contributed by atoms with van der Waals surface area (Å²) in [6.07, 6.45) is 2.20. The molecule has 0 aliphatic heterocycles. The van der Waals surface area contributed by atoms with Gasteiger partial charge in [-0.25, -0.2) is 0 Å². The number of benzene rings is 1. The molecule has 2 N–H and O–H groups in total. The van der Waals surface area contributed by atoms with Crippen LogP contribution >= 0.6 is 0 Å². The van der Waals surface area contributed by atoms with Crippen LogP contribution in [0.5, 0.6) is 0 Å². The summed E-state index contributed by atoms with van der Waals surface area (Å²) in [7, 11) is 0. The molecule has 0 bridgehead atoms. The summed E-state index contributed by atoms with van der Waals surface area (Å²) in [5.74, 6) is 0.0787. The van der Waals surface area contributed by atoms with Crippen molar-refractivity contribution < 1.29 is 9.90 Å². The zero-order valence-corrected chi connectivity index (χ0v) is 11.8. The lowest BCUT2D eigenvalue weighted by atomic mass is 10.0. The summed E-state index contributed by atoms with van der Waals surface area (Å²) in [4.78, 5) is 16.6. The van der Waals surface area contributed by atoms with E-state index in [2.05, 4.69) is 10.3 Å². The van der Waals surface area contributed by atoms with Crippen LogP contribution in [0.25, 0.3) is 10.8 Å². The molecule has 20 heavy (non-hydrogen) atoms. The highest BCUT2D eigenvalue weighted by Crippen LogP contribution is 2.17. The molecular weight excluding hydrogens is 252 g/mol. The van der Waals surface area contributed by atoms with Gasteiger partial charge in [-0.1, -0.05) is 38.1 Å². The summed E-state index contributed by atoms with van der Waals surface area (Å²) in [5.41, 5.74) is 0.437. The van der Waals surface area contributed by atoms with E-state index in [9.17, 15) is 4.79 Å². The van der Waals surface area contributed by atoms with Gasteiger partial charge in [-0.15, -0.1) is 0 Å². The van der Waals surface area contributed by atoms with Crippen LogP contribution in [0.4, 0.5) is 0 Å². The van der Waals surface area contributed by atoms with Crippen LogP contribution in [0.1, 0.15) is 30.8 Å². The number of amides is 1. The summed E-state index contributed by atoms with van der Waals surface area (Å²) in [6, 6.07) is 9.53. The largest absolute Gasteiger partial charge is 0.396 e. The molecule has 106 valence electrons. The Balaban J connectivity index is 2.27. The molecule has 1 aromatic heterocycles. The molecule has 1 amide bonds. The minimum Gasteiger partial charge on any atom is -0.396 e. The van der Waals surface area contributed by atoms with Crippen molar-refractivity contribution in [3.63, 3.8) is 0 Å². The van der Waals surface area contributed by atoms with Gasteiger partial charge in [-0.2, -0.15) is 0 Å². The standard InChI is InChI=1S/C16H20N2O2/c1-11(2)14(8-10-19)18-16(20)15-13-6-4-3-5-12(13)7-9-17-15/h3-7,9,11,14,19H,8,10H2,1-2H3,(H,18,20)/t14-/m0/s1. The zero-order chi connectivity index (χ0) is 14.5. The Kier molecular flexibility index (Phi) is 4.69. The number of hydrogen-bond acceptors (Lipinski definition) is 3. The second-order valence-corrected chi connectivity index (χ2v) is 5.22. The molecule has 0 fully saturated rings. The number of aliphatic hydroxyl groups is 1. The van der Waals surface area contributed by atoms with Crippen LogP contribution in [0.15, 0.2) is 36.5 Å². The Labute approximate surface area is 118 Å². The molecule has 0 radical (unpaired) electrons. The molecule has 0 aliphatic carbocycles. The third kappa shape index (κ3) is 3.14. The summed E-state index contributed by atoms with van der Waals surface area (Å²) < 4.78 is 0. The van der Waals surface area contributed by atoms with Crippen LogP contribution in [0.3, 0.4) is 0 Å². The van der Waals surface area contributed by atoms with Gasteiger partial charge in [0.05, 0.1) is 0 Å². The number of rotatable bonds is 5. The monoisotopic (exact) mass is 272 g/mol. The number of hydrogen-bond donors (Lipinski definition) is 2. The Morgan fingerprint density at radius 1 is 1.30 bits per heavy atom. The van der Waals surface area contributed by atoms with E-state index in [1.54, 1.807) is 6.20 Å². The second kappa shape index (κ2) is 6.48. The first-order chi connectivity index (χ1) is 9.63. The highest BCUT2D eigenvalue weighted by molar-refractivity contribution is 6.05. The van der Waals surface area contributed by atoms with Crippen molar-refractivity contribution >= 4 is 16.7 Å². The molecule has 1 atom stereocenters. The number of carbonyl (C=O) groups excluding carboxylic acids is 1. The highest BCUT2D eigenvalue weighted by atomic mass is 16.3. The number of carbonyl (C=O) groups is 1. The molecule has 1 aromatic carbocycles. The molecule has 2 rings (SSSR count). The smallest absolute Gasteiger partial charge is 0.270 e. The first-order valence-electron chi connectivity index (χ1n) is 6.89. The summed E-state index contributed by atoms with van der Waals surface area (Å²) in [5, 5.41) is 13.9. The fraction of sp³-hybridized carbons (Fsp3) is 0.375. The van der Waals surface area contributed by atoms with E-state index in [0.717, 1.165) is 10.8 Å². The Bertz CT molecular complexity index is 591. The second-order valence-electron chi connectivity index (χ2n) is 5.22. The van der Waals surface area contributed by atoms with Crippen LogP contribution in [-0.2, 0) is 0 Å². The normalized spacial score (nSPS) is 12.6. The molecular formula is C16H20N2O2. The van der Waals surface area contributed by atoms with E-state index in [4.69, 9.17) is 5.11 Å². The molecule has 0 saturated heterocycles. The predicted octanol–water partition coefficient (Wildman–Crippen LogP) is 2.37. The molecule has 2 aromatic rings. The molecule has 0 spiro atoms. The first-order valence-corrected chi connectivity index (χ1v) is 6.89. The van der Waals surface area contributed by atoms with Crippen LogP contribution in [0, 0.1) is 5.92 Å². The Morgan fingerprint density at radius 3 is 2.75 bits per heavy atom. The van der Waals surface area contributed by atoms with Crippen molar-refractivity contribution in [1.29, 1.82) is 0 Å². The van der Waals surface area contributed by atoms with Crippen molar-refractivity contribution in [2.45, 2.75) is 26.3 Å². The number of aliphatic hydroxyl groups excluding tert-OH is 1. The van der Waals surface area contributed by atoms with E-state index in [1.165, 1.54) is 0 Å². The fourth-order valence-electron chi connectivity index (χ4n) is 2.25. The van der Waals surface area contributed by atoms with Crippen molar-refractivity contribution in [1.82, 2.24) is 10.3 Å². The minimum absolute atomic E-state index is 0.0479. The van der Waals surface area contributed by atoms with Crippen molar-refractivity contribution in [2.75, 3.05) is 6.61 Å². The van der Waals surface area contributed by atoms with E-state index < -0.39 is 0 Å². The van der Waals surface area contributed by atoms with Gasteiger partial charge in [0, 0.05) is 24.2 Å². The molecule has 1 heterocycles. The average molecular weight is 272 g/mol. The van der Waals surface area contributed by atoms with Gasteiger partial charge in [-0.05, 0) is 23.8 Å². The zero-order valence-electron chi connectivity index (χ0n) is 11.8. The van der Waals surface area contributed by atoms with Crippen LogP contribution < -0.4 is 5.32 Å². The molecule has 4 heteroatoms. The first kappa shape index (κ1) is 14.5. The molecule has 4 nitrogen and oxygen atoms in total. The number of nitrogens with zero attached hydrogens (tertiary/aromatic N) is 1. The van der Waals surface area contributed by atoms with Gasteiger partial charge in [0.15, 0.2) is 0 Å². The Morgan fingerprint density at radius 2 is 2.05 bits per heavy atom. The average Bonchev–Trinajstić information content (AvgIpc) is 2.46. The number of aromatic nitrogens is 1. The van der Waals surface area contributed by atoms with Gasteiger partial charge in [0.25, 0.3) is 5.91 Å². The van der Waals surface area contributed by atoms with Gasteiger partial charge in [0.2, 0.25) is 0 Å². The van der Waals surface area contributed by atoms with Crippen molar-refractivity contribution in [3.05, 3.63) is 42.2 Å². The topological polar surface area (TPSA) is 62.2 Å². The summed E-state index contributed by atoms with van der Waals surface area (Å²) in [6.45, 7) is 4.11. The van der Waals surface area contributed by atoms with Crippen LogP contribution in [-0.4, -0.2) is 28.6 Å². The Hall–Kier alpha value is -1.94. The molecule has 0 aliphatic rings. The number of pyridine rings is 1. The third-order valence-corrected chi connectivity index (χ3v) is 3.45. The molecule has 0 saturated carbocycles. The van der Waals surface area contributed by atoms with E-state index >= 15 is 0 Å². The van der Waals surface area contributed by atoms with Gasteiger partial charge >= 0.3 is 0 Å². The highest BCUT2D eigenvalue weighted by Gasteiger charge is 2.18. The number of nitrogens with one attached hydrogen (secondary N) is 1. The van der Waals surface area contributed by atoms with Gasteiger partial charge in [0.1, 0.15) is 5.69 Å². The predicted molar refractivity (Wildman–Crippen MR) is 79.5 cm³/mol. The summed E-state index contributed by atoms with van der Waals surface area (Å²) >= 11 is 0. The van der Waals surface area contributed by atoms with Crippen molar-refractivity contribution in [3.8, 4) is 0 Å². The van der Waals surface area contributed by atoms with Crippen molar-refractivity contribution in [2.24, 2.45) is 5.92 Å². The van der Waals surface area contributed by atoms with Crippen LogP contribution in [0.2, 0.25) is 0 Å². The number of fused-ring (bicyclic) bond motifs is 1. The van der Waals surface area contributed by atoms with E-state index in [0.29, 0.717) is 12.1 Å². The lowest BCUT2D eigenvalue weighted by Crippen LogP contribution is -2.39. The maximum absolute atomic E-state index is 12.4.